The lowest BCUT2D eigenvalue weighted by Gasteiger charge is -2.15. The highest BCUT2D eigenvalue weighted by molar-refractivity contribution is 6.50. The van der Waals surface area contributed by atoms with Crippen molar-refractivity contribution in [3.63, 3.8) is 0 Å². The molecule has 6 heteroatoms. The molecule has 0 atom stereocenters. The van der Waals surface area contributed by atoms with Gasteiger partial charge in [0.15, 0.2) is 0 Å². The quantitative estimate of drug-likeness (QED) is 0.623. The Morgan fingerprint density at radius 2 is 1.50 bits per heavy atom. The minimum absolute atomic E-state index is 0.353. The average molecular weight is 370 g/mol. The van der Waals surface area contributed by atoms with E-state index < -0.39 is 0 Å². The van der Waals surface area contributed by atoms with Gasteiger partial charge in [-0.2, -0.15) is 0 Å². The normalized spacial score (nSPS) is 10.9. The minimum atomic E-state index is 0.353. The van der Waals surface area contributed by atoms with E-state index in [0.29, 0.717) is 37.2 Å². The van der Waals surface area contributed by atoms with Gasteiger partial charge in [-0.3, -0.25) is 0 Å². The molecule has 0 heterocycles. The SMILES string of the molecule is CNCc1ccc(Cl)cc1-c1c(Cl)c(Cl)cc(Cl)c1Cl. The topological polar surface area (TPSA) is 12.0 Å². The predicted molar refractivity (Wildman–Crippen MR) is 89.7 cm³/mol. The Morgan fingerprint density at radius 3 is 2.05 bits per heavy atom. The van der Waals surface area contributed by atoms with Crippen LogP contribution in [0, 0.1) is 0 Å². The first-order valence-electron chi connectivity index (χ1n) is 5.72. The van der Waals surface area contributed by atoms with Gasteiger partial charge in [0.05, 0.1) is 20.1 Å². The monoisotopic (exact) mass is 367 g/mol. The van der Waals surface area contributed by atoms with E-state index in [2.05, 4.69) is 5.32 Å². The molecule has 2 aromatic carbocycles. The Morgan fingerprint density at radius 1 is 0.900 bits per heavy atom. The number of rotatable bonds is 3. The maximum absolute atomic E-state index is 6.29. The maximum atomic E-state index is 6.29. The highest BCUT2D eigenvalue weighted by Crippen LogP contribution is 2.44. The fourth-order valence-corrected chi connectivity index (χ4v) is 3.12. The van der Waals surface area contributed by atoms with Crippen LogP contribution < -0.4 is 5.32 Å². The van der Waals surface area contributed by atoms with Crippen molar-refractivity contribution >= 4 is 58.0 Å². The summed E-state index contributed by atoms with van der Waals surface area (Å²) in [6.07, 6.45) is 0. The highest BCUT2D eigenvalue weighted by Gasteiger charge is 2.18. The lowest BCUT2D eigenvalue weighted by Crippen LogP contribution is -2.06. The Labute approximate surface area is 142 Å². The fourth-order valence-electron chi connectivity index (χ4n) is 1.94. The summed E-state index contributed by atoms with van der Waals surface area (Å²) in [6.45, 7) is 0.642. The molecule has 106 valence electrons. The highest BCUT2D eigenvalue weighted by atomic mass is 35.5. The van der Waals surface area contributed by atoms with E-state index in [4.69, 9.17) is 58.0 Å². The molecule has 2 rings (SSSR count). The molecule has 0 aliphatic carbocycles. The molecule has 1 nitrogen and oxygen atoms in total. The molecule has 0 aliphatic heterocycles. The number of hydrogen-bond donors (Lipinski definition) is 1. The van der Waals surface area contributed by atoms with Gasteiger partial charge < -0.3 is 5.32 Å². The van der Waals surface area contributed by atoms with E-state index in [1.165, 1.54) is 6.07 Å². The summed E-state index contributed by atoms with van der Waals surface area (Å²) in [7, 11) is 1.85. The van der Waals surface area contributed by atoms with Gasteiger partial charge in [0.25, 0.3) is 0 Å². The summed E-state index contributed by atoms with van der Waals surface area (Å²) in [5, 5.41) is 5.10. The van der Waals surface area contributed by atoms with Crippen molar-refractivity contribution in [2.75, 3.05) is 7.05 Å². The molecule has 0 aliphatic rings. The standard InChI is InChI=1S/C14H10Cl5N/c1-20-6-7-2-3-8(15)4-9(7)12-13(18)10(16)5-11(17)14(12)19/h2-5,20H,6H2,1H3. The van der Waals surface area contributed by atoms with Crippen molar-refractivity contribution in [3.8, 4) is 11.1 Å². The third-order valence-corrected chi connectivity index (χ3v) is 4.63. The van der Waals surface area contributed by atoms with Crippen molar-refractivity contribution in [2.45, 2.75) is 6.54 Å². The zero-order valence-electron chi connectivity index (χ0n) is 10.4. The van der Waals surface area contributed by atoms with Crippen LogP contribution in [0.5, 0.6) is 0 Å². The first-order chi connectivity index (χ1) is 9.45. The predicted octanol–water partition coefficient (Wildman–Crippen LogP) is 6.34. The number of halogens is 5. The van der Waals surface area contributed by atoms with E-state index in [1.807, 2.05) is 19.2 Å². The molecule has 0 radical (unpaired) electrons. The number of hydrogen-bond acceptors (Lipinski definition) is 1. The molecule has 0 aromatic heterocycles. The summed E-state index contributed by atoms with van der Waals surface area (Å²) >= 11 is 30.8. The lowest BCUT2D eigenvalue weighted by molar-refractivity contribution is 0.819. The first kappa shape index (κ1) is 16.2. The van der Waals surface area contributed by atoms with E-state index in [9.17, 15) is 0 Å². The molecule has 1 N–H and O–H groups in total. The van der Waals surface area contributed by atoms with Gasteiger partial charge in [0.2, 0.25) is 0 Å². The molecule has 0 saturated carbocycles. The van der Waals surface area contributed by atoms with Crippen LogP contribution in [0.4, 0.5) is 0 Å². The molecule has 0 spiro atoms. The molecule has 2 aromatic rings. The Kier molecular flexibility index (Phi) is 5.47. The Hall–Kier alpha value is -0.150. The van der Waals surface area contributed by atoms with Crippen LogP contribution in [-0.4, -0.2) is 7.05 Å². The van der Waals surface area contributed by atoms with E-state index >= 15 is 0 Å². The van der Waals surface area contributed by atoms with Gasteiger partial charge >= 0.3 is 0 Å². The number of benzene rings is 2. The fraction of sp³-hybridized carbons (Fsp3) is 0.143. The smallest absolute Gasteiger partial charge is 0.0686 e. The molecule has 20 heavy (non-hydrogen) atoms. The summed E-state index contributed by atoms with van der Waals surface area (Å²) in [4.78, 5) is 0. The van der Waals surface area contributed by atoms with Crippen LogP contribution in [0.2, 0.25) is 25.1 Å². The average Bonchev–Trinajstić information content (AvgIpc) is 2.40. The third kappa shape index (κ3) is 3.19. The van der Waals surface area contributed by atoms with Crippen molar-refractivity contribution in [2.24, 2.45) is 0 Å². The van der Waals surface area contributed by atoms with Crippen LogP contribution in [0.3, 0.4) is 0 Å². The molecular weight excluding hydrogens is 359 g/mol. The second kappa shape index (κ2) is 6.74. The van der Waals surface area contributed by atoms with E-state index in [-0.39, 0.29) is 0 Å². The van der Waals surface area contributed by atoms with Gasteiger partial charge in [-0.05, 0) is 36.4 Å². The van der Waals surface area contributed by atoms with Crippen molar-refractivity contribution in [3.05, 3.63) is 54.9 Å². The molecule has 0 amide bonds. The van der Waals surface area contributed by atoms with Crippen molar-refractivity contribution < 1.29 is 0 Å². The van der Waals surface area contributed by atoms with Gasteiger partial charge in [-0.25, -0.2) is 0 Å². The molecule has 0 saturated heterocycles. The second-order valence-electron chi connectivity index (χ2n) is 4.17. The van der Waals surface area contributed by atoms with E-state index in [0.717, 1.165) is 11.1 Å². The summed E-state index contributed by atoms with van der Waals surface area (Å²) in [5.74, 6) is 0. The van der Waals surface area contributed by atoms with Crippen LogP contribution in [0.15, 0.2) is 24.3 Å². The second-order valence-corrected chi connectivity index (χ2v) is 6.18. The zero-order valence-corrected chi connectivity index (χ0v) is 14.2. The van der Waals surface area contributed by atoms with Gasteiger partial charge in [-0.15, -0.1) is 0 Å². The molecule has 0 bridgehead atoms. The van der Waals surface area contributed by atoms with Crippen LogP contribution in [0.25, 0.3) is 11.1 Å². The summed E-state index contributed by atoms with van der Waals surface area (Å²) in [5.41, 5.74) is 2.41. The van der Waals surface area contributed by atoms with Crippen molar-refractivity contribution in [1.82, 2.24) is 5.32 Å². The molecular formula is C14H10Cl5N. The summed E-state index contributed by atoms with van der Waals surface area (Å²) in [6, 6.07) is 7.05. The first-order valence-corrected chi connectivity index (χ1v) is 7.61. The molecule has 0 fully saturated rings. The Bertz CT molecular complexity index is 628. The van der Waals surface area contributed by atoms with Crippen LogP contribution >= 0.6 is 58.0 Å². The molecule has 0 unspecified atom stereocenters. The largest absolute Gasteiger partial charge is 0.316 e. The van der Waals surface area contributed by atoms with Gasteiger partial charge in [-0.1, -0.05) is 64.1 Å². The van der Waals surface area contributed by atoms with Gasteiger partial charge in [0.1, 0.15) is 0 Å². The zero-order chi connectivity index (χ0) is 14.9. The van der Waals surface area contributed by atoms with Crippen LogP contribution in [0.1, 0.15) is 5.56 Å². The van der Waals surface area contributed by atoms with Crippen molar-refractivity contribution in [1.29, 1.82) is 0 Å². The lowest BCUT2D eigenvalue weighted by atomic mass is 9.99. The minimum Gasteiger partial charge on any atom is -0.316 e. The van der Waals surface area contributed by atoms with E-state index in [1.54, 1.807) is 6.07 Å². The van der Waals surface area contributed by atoms with Crippen LogP contribution in [-0.2, 0) is 6.54 Å². The summed E-state index contributed by atoms with van der Waals surface area (Å²) < 4.78 is 0. The maximum Gasteiger partial charge on any atom is 0.0686 e. The number of nitrogens with one attached hydrogen (secondary N) is 1. The Balaban J connectivity index is 2.77. The third-order valence-electron chi connectivity index (χ3n) is 2.82. The van der Waals surface area contributed by atoms with Gasteiger partial charge in [0, 0.05) is 17.1 Å².